The second-order valence-corrected chi connectivity index (χ2v) is 14.5. The van der Waals surface area contributed by atoms with Crippen LogP contribution in [0.5, 0.6) is 0 Å². The Morgan fingerprint density at radius 3 is 1.91 bits per heavy atom. The summed E-state index contributed by atoms with van der Waals surface area (Å²) in [6, 6.07) is 3.55. The van der Waals surface area contributed by atoms with Crippen LogP contribution in [0.4, 0.5) is 44.7 Å². The Labute approximate surface area is 323 Å². The van der Waals surface area contributed by atoms with Crippen molar-refractivity contribution < 1.29 is 68.9 Å². The molecule has 0 aromatic heterocycles. The Morgan fingerprint density at radius 1 is 0.927 bits per heavy atom. The van der Waals surface area contributed by atoms with Gasteiger partial charge in [0.1, 0.15) is 23.1 Å². The summed E-state index contributed by atoms with van der Waals surface area (Å²) in [5, 5.41) is 16.0. The molecule has 2 aromatic carbocycles. The maximum atomic E-state index is 15.1. The first-order chi connectivity index (χ1) is 25.2. The highest BCUT2D eigenvalue weighted by molar-refractivity contribution is 14.1. The molecule has 0 aliphatic carbocycles. The minimum atomic E-state index is -5.15. The number of aliphatic hydroxyl groups excluding tert-OH is 1. The van der Waals surface area contributed by atoms with Crippen LogP contribution in [0.1, 0.15) is 44.4 Å². The molecule has 304 valence electrons. The largest absolute Gasteiger partial charge is 0.453 e. The smallest absolute Gasteiger partial charge is 0.407 e. The number of amides is 4. The van der Waals surface area contributed by atoms with E-state index in [1.807, 2.05) is 33.9 Å². The number of alkyl carbamates (subject to hydrolysis) is 1. The molecule has 21 heteroatoms. The zero-order chi connectivity index (χ0) is 42.3. The van der Waals surface area contributed by atoms with Crippen LogP contribution in [0.15, 0.2) is 36.4 Å². The van der Waals surface area contributed by atoms with Gasteiger partial charge < -0.3 is 30.9 Å². The van der Waals surface area contributed by atoms with Gasteiger partial charge in [-0.2, -0.15) is 26.3 Å². The van der Waals surface area contributed by atoms with E-state index in [0.717, 1.165) is 22.8 Å². The highest BCUT2D eigenvalue weighted by Gasteiger charge is 2.58. The highest BCUT2D eigenvalue weighted by Crippen LogP contribution is 2.42. The molecule has 4 atom stereocenters. The molecule has 2 aromatic rings. The Balaban J connectivity index is 2.69. The van der Waals surface area contributed by atoms with E-state index in [9.17, 15) is 50.6 Å². The average Bonchev–Trinajstić information content (AvgIpc) is 3.06. The molecule has 0 aliphatic heterocycles. The number of aliphatic hydroxyl groups is 1. The van der Waals surface area contributed by atoms with Gasteiger partial charge in [0.05, 0.1) is 24.7 Å². The van der Waals surface area contributed by atoms with Crippen LogP contribution in [0.2, 0.25) is 0 Å². The van der Waals surface area contributed by atoms with Crippen LogP contribution in [-0.4, -0.2) is 84.4 Å². The van der Waals surface area contributed by atoms with Crippen LogP contribution < -0.4 is 21.8 Å². The fourth-order valence-corrected chi connectivity index (χ4v) is 5.23. The Kier molecular flexibility index (Phi) is 15.7. The summed E-state index contributed by atoms with van der Waals surface area (Å²) in [7, 11) is 0.801. The molecule has 12 nitrogen and oxygen atoms in total. The van der Waals surface area contributed by atoms with Crippen molar-refractivity contribution in [2.45, 2.75) is 77.3 Å². The molecular formula is C34H38F8IN5O7. The first-order valence-corrected chi connectivity index (χ1v) is 16.9. The number of primary amides is 1. The van der Waals surface area contributed by atoms with E-state index in [2.05, 4.69) is 14.8 Å². The molecular weight excluding hydrogens is 869 g/mol. The molecule has 4 unspecified atom stereocenters. The Hall–Kier alpha value is -4.43. The van der Waals surface area contributed by atoms with Crippen molar-refractivity contribution in [3.63, 3.8) is 0 Å². The lowest BCUT2D eigenvalue weighted by atomic mass is 9.83. The highest BCUT2D eigenvalue weighted by atomic mass is 127. The fraction of sp³-hybridized carbons (Fsp3) is 0.471. The SMILES string of the molecule is C#Cc1cc(F)c(CN(CC(O)C(Cc2ccc(I)cc2)NC(=O)C(OC(N)=O)C(C)(C)C(F)(F)F)NC(=O)C(NC(=O)OC)C(C)(C)C(F)(F)F)c(F)c1. The zero-order valence-corrected chi connectivity index (χ0v) is 32.0. The first kappa shape index (κ1) is 46.7. The molecule has 0 saturated heterocycles. The van der Waals surface area contributed by atoms with E-state index in [1.165, 1.54) is 12.1 Å². The first-order valence-electron chi connectivity index (χ1n) is 15.8. The third-order valence-corrected chi connectivity index (χ3v) is 9.23. The maximum absolute atomic E-state index is 15.1. The van der Waals surface area contributed by atoms with Crippen molar-refractivity contribution in [3.05, 3.63) is 68.3 Å². The van der Waals surface area contributed by atoms with Crippen LogP contribution in [0.3, 0.4) is 0 Å². The number of nitrogens with zero attached hydrogens (tertiary/aromatic N) is 1. The van der Waals surface area contributed by atoms with E-state index in [0.29, 0.717) is 38.3 Å². The summed E-state index contributed by atoms with van der Waals surface area (Å²) < 4.78 is 124. The third kappa shape index (κ3) is 12.3. The van der Waals surface area contributed by atoms with Crippen molar-refractivity contribution in [3.8, 4) is 12.3 Å². The Morgan fingerprint density at radius 2 is 1.45 bits per heavy atom. The van der Waals surface area contributed by atoms with Gasteiger partial charge in [0.2, 0.25) is 0 Å². The fourth-order valence-electron chi connectivity index (χ4n) is 4.88. The number of benzene rings is 2. The van der Waals surface area contributed by atoms with Gasteiger partial charge in [0, 0.05) is 27.8 Å². The number of nitrogens with one attached hydrogen (secondary N) is 3. The molecule has 55 heavy (non-hydrogen) atoms. The molecule has 0 spiro atoms. The number of terminal acetylenes is 1. The van der Waals surface area contributed by atoms with Crippen molar-refractivity contribution >= 4 is 46.6 Å². The zero-order valence-electron chi connectivity index (χ0n) is 29.8. The number of rotatable bonds is 15. The molecule has 2 rings (SSSR count). The average molecular weight is 908 g/mol. The van der Waals surface area contributed by atoms with E-state index < -0.39 is 102 Å². The normalized spacial score (nSPS) is 14.5. The summed E-state index contributed by atoms with van der Waals surface area (Å²) in [6.45, 7) is 0.156. The number of alkyl halides is 6. The molecule has 0 radical (unpaired) electrons. The number of ether oxygens (including phenoxy) is 2. The molecule has 0 aliphatic rings. The van der Waals surface area contributed by atoms with Crippen molar-refractivity contribution in [1.82, 2.24) is 21.1 Å². The van der Waals surface area contributed by atoms with Gasteiger partial charge in [0.25, 0.3) is 11.8 Å². The van der Waals surface area contributed by atoms with Gasteiger partial charge in [-0.15, -0.1) is 6.42 Å². The topological polar surface area (TPSA) is 172 Å². The standard InChI is InChI=1S/C34H38F8IN5O7/c1-7-17-12-21(35)20(22(36)13-17)15-48(47-27(50)25(46-30(53)54-6)31(2,3)33(37,38)39)16-24(49)23(14-18-8-10-19(43)11-9-18)45-28(51)26(55-29(44)52)32(4,5)34(40,41)42/h1,8-13,23-26,49H,14-16H2,2-6H3,(H2,44,52)(H,45,51)(H,46,53)(H,47,50). The number of methoxy groups -OCH3 is 1. The minimum absolute atomic E-state index is 0.251. The summed E-state index contributed by atoms with van der Waals surface area (Å²) >= 11 is 1.96. The van der Waals surface area contributed by atoms with Crippen LogP contribution in [0.25, 0.3) is 0 Å². The third-order valence-electron chi connectivity index (χ3n) is 8.51. The minimum Gasteiger partial charge on any atom is -0.453 e. The molecule has 0 saturated carbocycles. The molecule has 0 heterocycles. The van der Waals surface area contributed by atoms with Gasteiger partial charge in [0.15, 0.2) is 6.10 Å². The van der Waals surface area contributed by atoms with E-state index in [1.54, 1.807) is 17.4 Å². The van der Waals surface area contributed by atoms with Crippen LogP contribution in [0, 0.1) is 38.4 Å². The number of hydrogen-bond donors (Lipinski definition) is 5. The maximum Gasteiger partial charge on any atom is 0.407 e. The lowest BCUT2D eigenvalue weighted by Crippen LogP contribution is -2.62. The van der Waals surface area contributed by atoms with Crippen molar-refractivity contribution in [2.75, 3.05) is 13.7 Å². The lowest BCUT2D eigenvalue weighted by molar-refractivity contribution is -0.238. The molecule has 4 amide bonds. The van der Waals surface area contributed by atoms with Crippen molar-refractivity contribution in [1.29, 1.82) is 0 Å². The quantitative estimate of drug-likeness (QED) is 0.0732. The van der Waals surface area contributed by atoms with Gasteiger partial charge in [-0.05, 0) is 86.5 Å². The van der Waals surface area contributed by atoms with Gasteiger partial charge in [-0.25, -0.2) is 23.4 Å². The summed E-state index contributed by atoms with van der Waals surface area (Å²) in [5.41, 5.74) is 0.173. The molecule has 0 bridgehead atoms. The molecule has 6 N–H and O–H groups in total. The van der Waals surface area contributed by atoms with E-state index >= 15 is 8.78 Å². The second-order valence-electron chi connectivity index (χ2n) is 13.3. The molecule has 0 fully saturated rings. The number of carbonyl (C=O) groups is 4. The number of nitrogens with two attached hydrogens (primary N) is 1. The summed E-state index contributed by atoms with van der Waals surface area (Å²) in [5.74, 6) is -3.78. The van der Waals surface area contributed by atoms with Gasteiger partial charge >= 0.3 is 24.5 Å². The Bertz CT molecular complexity index is 1730. The number of carbonyl (C=O) groups excluding carboxylic acids is 4. The van der Waals surface area contributed by atoms with Crippen LogP contribution >= 0.6 is 22.6 Å². The number of hydrazine groups is 1. The van der Waals surface area contributed by atoms with E-state index in [-0.39, 0.29) is 12.0 Å². The second kappa shape index (κ2) is 18.5. The van der Waals surface area contributed by atoms with Gasteiger partial charge in [-0.3, -0.25) is 15.0 Å². The van der Waals surface area contributed by atoms with Crippen LogP contribution in [-0.2, 0) is 32.0 Å². The number of halogens is 9. The summed E-state index contributed by atoms with van der Waals surface area (Å²) in [4.78, 5) is 50.6. The van der Waals surface area contributed by atoms with Gasteiger partial charge in [-0.1, -0.05) is 18.1 Å². The monoisotopic (exact) mass is 907 g/mol. The summed E-state index contributed by atoms with van der Waals surface area (Å²) in [6.07, 6.45) is -13.4. The lowest BCUT2D eigenvalue weighted by Gasteiger charge is -2.37. The number of hydrogen-bond acceptors (Lipinski definition) is 8. The predicted molar refractivity (Wildman–Crippen MR) is 187 cm³/mol. The predicted octanol–water partition coefficient (Wildman–Crippen LogP) is 4.84. The van der Waals surface area contributed by atoms with E-state index in [4.69, 9.17) is 12.2 Å². The van der Waals surface area contributed by atoms with Crippen molar-refractivity contribution in [2.24, 2.45) is 16.6 Å².